The molecule has 0 fully saturated rings. The Labute approximate surface area is 359 Å². The van der Waals surface area contributed by atoms with Gasteiger partial charge in [0, 0.05) is 54.8 Å². The maximum Gasteiger partial charge on any atom is 0.220 e. The molecule has 1 N–H and O–H groups in total. The molecule has 0 saturated heterocycles. The van der Waals surface area contributed by atoms with Crippen molar-refractivity contribution in [2.45, 2.75) is 0 Å². The molecule has 0 aliphatic heterocycles. The summed E-state index contributed by atoms with van der Waals surface area (Å²) in [6, 6.07) is 71.0. The molecular weight excluding hydrogens is 771 g/mol. The van der Waals surface area contributed by atoms with E-state index in [0.29, 0.717) is 5.56 Å². The summed E-state index contributed by atoms with van der Waals surface area (Å²) in [5.41, 5.74) is 15.9. The van der Waals surface area contributed by atoms with Crippen LogP contribution >= 0.6 is 0 Å². The number of hydrogen-bond acceptors (Lipinski definition) is 2. The van der Waals surface area contributed by atoms with Gasteiger partial charge in [-0.05, 0) is 72.8 Å². The molecule has 5 heterocycles. The highest BCUT2D eigenvalue weighted by molar-refractivity contribution is 6.26. The Morgan fingerprint density at radius 2 is 1.02 bits per heavy atom. The Morgan fingerprint density at radius 1 is 0.413 bits per heavy atom. The van der Waals surface area contributed by atoms with E-state index in [1.165, 1.54) is 0 Å². The second-order valence-corrected chi connectivity index (χ2v) is 16.3. The van der Waals surface area contributed by atoms with Crippen molar-refractivity contribution in [1.82, 2.24) is 28.1 Å². The van der Waals surface area contributed by atoms with E-state index in [9.17, 15) is 5.26 Å². The van der Waals surface area contributed by atoms with Crippen molar-refractivity contribution in [3.05, 3.63) is 200 Å². The molecule has 0 spiro atoms. The molecule has 292 valence electrons. The predicted molar refractivity (Wildman–Crippen MR) is 258 cm³/mol. The summed E-state index contributed by atoms with van der Waals surface area (Å²) in [6.07, 6.45) is 0. The van der Waals surface area contributed by atoms with Crippen molar-refractivity contribution in [1.29, 1.82) is 5.26 Å². The van der Waals surface area contributed by atoms with Gasteiger partial charge in [-0.1, -0.05) is 121 Å². The average Bonchev–Trinajstić information content (AvgIpc) is 4.15. The van der Waals surface area contributed by atoms with Gasteiger partial charge in [0.25, 0.3) is 0 Å². The number of aromatic nitrogens is 6. The van der Waals surface area contributed by atoms with Crippen LogP contribution < -0.4 is 0 Å². The smallest absolute Gasteiger partial charge is 0.220 e. The largest absolute Gasteiger partial charge is 0.352 e. The highest BCUT2D eigenvalue weighted by Gasteiger charge is 2.25. The van der Waals surface area contributed by atoms with E-state index in [0.717, 1.165) is 121 Å². The Kier molecular flexibility index (Phi) is 6.78. The van der Waals surface area contributed by atoms with Crippen LogP contribution in [0.4, 0.5) is 0 Å². The van der Waals surface area contributed by atoms with Gasteiger partial charge in [-0.15, -0.1) is 0 Å². The van der Waals surface area contributed by atoms with Crippen LogP contribution in [0.3, 0.4) is 0 Å². The van der Waals surface area contributed by atoms with Crippen LogP contribution in [-0.4, -0.2) is 28.1 Å². The van der Waals surface area contributed by atoms with E-state index < -0.39 is 0 Å². The molecule has 14 aromatic rings. The van der Waals surface area contributed by atoms with Crippen molar-refractivity contribution in [2.24, 2.45) is 0 Å². The highest BCUT2D eigenvalue weighted by atomic mass is 15.2. The number of nitriles is 1. The fraction of sp³-hybridized carbons (Fsp3) is 0. The molecule has 0 saturated carbocycles. The highest BCUT2D eigenvalue weighted by Crippen LogP contribution is 2.45. The average molecular weight is 804 g/mol. The second kappa shape index (κ2) is 12.6. The third kappa shape index (κ3) is 4.48. The number of aromatic amines is 1. The van der Waals surface area contributed by atoms with E-state index in [1.807, 2.05) is 12.1 Å². The third-order valence-corrected chi connectivity index (χ3v) is 13.2. The Bertz CT molecular complexity index is 4260. The number of fused-ring (bicyclic) bond motifs is 16. The standard InChI is InChI=1S/C56H33N7/c57-33-43-36(38-22-13-23-39-40-29-32-50-55(53(40)59-52(38)39)61(35-17-5-2-6-18-35)56-58-44-24-9-12-27-48(44)63(50)56)21-14-28-47(43)62-45-25-10-7-19-37(45)41-30-31-49-51(54(41)62)42-20-8-11-26-46(42)60(49)34-15-3-1-4-16-34/h1-32,59H. The number of hydrogen-bond donors (Lipinski definition) is 1. The van der Waals surface area contributed by atoms with Gasteiger partial charge in [0.05, 0.1) is 66.4 Å². The van der Waals surface area contributed by atoms with Gasteiger partial charge in [-0.2, -0.15) is 5.26 Å². The van der Waals surface area contributed by atoms with E-state index >= 15 is 0 Å². The number of para-hydroxylation sites is 7. The number of benzene rings is 9. The zero-order valence-corrected chi connectivity index (χ0v) is 33.7. The van der Waals surface area contributed by atoms with Gasteiger partial charge in [-0.25, -0.2) is 4.98 Å². The summed E-state index contributed by atoms with van der Waals surface area (Å²) in [6.45, 7) is 0. The number of H-pyrrole nitrogens is 1. The van der Waals surface area contributed by atoms with Crippen LogP contribution in [0.5, 0.6) is 0 Å². The lowest BCUT2D eigenvalue weighted by Gasteiger charge is -2.15. The van der Waals surface area contributed by atoms with Crippen LogP contribution in [-0.2, 0) is 0 Å². The molecule has 9 aromatic carbocycles. The maximum atomic E-state index is 11.4. The molecule has 5 aromatic heterocycles. The number of imidazole rings is 2. The maximum absolute atomic E-state index is 11.4. The molecule has 0 aliphatic rings. The molecule has 0 radical (unpaired) electrons. The minimum absolute atomic E-state index is 0.609. The fourth-order valence-electron chi connectivity index (χ4n) is 10.6. The van der Waals surface area contributed by atoms with Crippen LogP contribution in [0, 0.1) is 11.3 Å². The molecular formula is C56H33N7. The zero-order chi connectivity index (χ0) is 41.3. The van der Waals surface area contributed by atoms with Crippen molar-refractivity contribution in [2.75, 3.05) is 0 Å². The van der Waals surface area contributed by atoms with Crippen LogP contribution in [0.1, 0.15) is 5.56 Å². The van der Waals surface area contributed by atoms with Gasteiger partial charge < -0.3 is 14.1 Å². The van der Waals surface area contributed by atoms with Crippen LogP contribution in [0.25, 0.3) is 121 Å². The SMILES string of the molecule is N#Cc1c(-c2cccc3c2[nH]c2c3ccc3c2n(-c2ccccc2)c2nc4ccccc4n32)cccc1-n1c2ccccc2c2ccc3c(c4ccccc4n3-c3ccccc3)c21. The van der Waals surface area contributed by atoms with Crippen LogP contribution in [0.15, 0.2) is 194 Å². The quantitative estimate of drug-likeness (QED) is 0.192. The van der Waals surface area contributed by atoms with E-state index in [2.05, 4.69) is 211 Å². The number of nitrogens with one attached hydrogen (secondary N) is 1. The van der Waals surface area contributed by atoms with Crippen molar-refractivity contribution < 1.29 is 0 Å². The normalized spacial score (nSPS) is 12.1. The topological polar surface area (TPSA) is 71.7 Å². The number of nitrogens with zero attached hydrogens (tertiary/aromatic N) is 6. The van der Waals surface area contributed by atoms with E-state index in [1.54, 1.807) is 0 Å². The van der Waals surface area contributed by atoms with E-state index in [4.69, 9.17) is 4.98 Å². The molecule has 0 atom stereocenters. The molecule has 0 aliphatic carbocycles. The zero-order valence-electron chi connectivity index (χ0n) is 33.7. The molecule has 7 nitrogen and oxygen atoms in total. The summed E-state index contributed by atoms with van der Waals surface area (Å²) in [4.78, 5) is 9.12. The van der Waals surface area contributed by atoms with Crippen LogP contribution in [0.2, 0.25) is 0 Å². The van der Waals surface area contributed by atoms with E-state index in [-0.39, 0.29) is 0 Å². The molecule has 14 rings (SSSR count). The molecule has 63 heavy (non-hydrogen) atoms. The summed E-state index contributed by atoms with van der Waals surface area (Å²) in [5, 5.41) is 18.2. The van der Waals surface area contributed by atoms with Gasteiger partial charge in [0.15, 0.2) is 0 Å². The van der Waals surface area contributed by atoms with Gasteiger partial charge >= 0.3 is 0 Å². The van der Waals surface area contributed by atoms with Gasteiger partial charge in [-0.3, -0.25) is 8.97 Å². The first-order valence-corrected chi connectivity index (χ1v) is 21.2. The van der Waals surface area contributed by atoms with Gasteiger partial charge in [0.2, 0.25) is 5.78 Å². The lowest BCUT2D eigenvalue weighted by atomic mass is 9.96. The summed E-state index contributed by atoms with van der Waals surface area (Å²) in [5.74, 6) is 0.857. The number of rotatable bonds is 4. The minimum Gasteiger partial charge on any atom is -0.352 e. The predicted octanol–water partition coefficient (Wildman–Crippen LogP) is 13.8. The lowest BCUT2D eigenvalue weighted by Crippen LogP contribution is -2.00. The van der Waals surface area contributed by atoms with Crippen molar-refractivity contribution >= 4 is 93.3 Å². The minimum atomic E-state index is 0.609. The molecule has 0 unspecified atom stereocenters. The fourth-order valence-corrected chi connectivity index (χ4v) is 10.6. The summed E-state index contributed by atoms with van der Waals surface area (Å²) in [7, 11) is 0. The first-order chi connectivity index (χ1) is 31.3. The summed E-state index contributed by atoms with van der Waals surface area (Å²) >= 11 is 0. The Morgan fingerprint density at radius 3 is 1.81 bits per heavy atom. The molecule has 7 heteroatoms. The Balaban J connectivity index is 1.06. The monoisotopic (exact) mass is 803 g/mol. The van der Waals surface area contributed by atoms with Crippen molar-refractivity contribution in [3.8, 4) is 34.3 Å². The van der Waals surface area contributed by atoms with Gasteiger partial charge in [0.1, 0.15) is 6.07 Å². The third-order valence-electron chi connectivity index (χ3n) is 13.2. The molecule has 0 bridgehead atoms. The first kappa shape index (κ1) is 33.9. The Hall–Kier alpha value is -8.86. The first-order valence-electron chi connectivity index (χ1n) is 21.2. The van der Waals surface area contributed by atoms with Crippen molar-refractivity contribution in [3.63, 3.8) is 0 Å². The second-order valence-electron chi connectivity index (χ2n) is 16.3. The molecule has 0 amide bonds. The summed E-state index contributed by atoms with van der Waals surface area (Å²) < 4.78 is 9.22. The lowest BCUT2D eigenvalue weighted by molar-refractivity contribution is 1.11.